The zero-order chi connectivity index (χ0) is 16.4. The highest BCUT2D eigenvalue weighted by molar-refractivity contribution is 7.13. The van der Waals surface area contributed by atoms with E-state index in [-0.39, 0.29) is 11.5 Å². The minimum atomic E-state index is -0.908. The molecule has 0 atom stereocenters. The summed E-state index contributed by atoms with van der Waals surface area (Å²) >= 11 is 1.32. The molecule has 0 bridgehead atoms. The van der Waals surface area contributed by atoms with Gasteiger partial charge in [0.1, 0.15) is 18.2 Å². The predicted octanol–water partition coefficient (Wildman–Crippen LogP) is 2.48. The molecule has 0 spiro atoms. The second-order valence-corrected chi connectivity index (χ2v) is 5.46. The van der Waals surface area contributed by atoms with Crippen LogP contribution in [0.2, 0.25) is 0 Å². The predicted molar refractivity (Wildman–Crippen MR) is 79.1 cm³/mol. The Kier molecular flexibility index (Phi) is 4.02. The van der Waals surface area contributed by atoms with Gasteiger partial charge in [0.05, 0.1) is 10.6 Å². The molecule has 1 N–H and O–H groups in total. The maximum absolute atomic E-state index is 13.5. The molecule has 9 heteroatoms. The molecule has 0 aliphatic rings. The van der Waals surface area contributed by atoms with E-state index < -0.39 is 29.8 Å². The van der Waals surface area contributed by atoms with Gasteiger partial charge >= 0.3 is 5.76 Å². The smallest absolute Gasteiger partial charge is 0.322 e. The summed E-state index contributed by atoms with van der Waals surface area (Å²) in [6.45, 7) is -0.410. The number of benzene rings is 1. The van der Waals surface area contributed by atoms with Crippen molar-refractivity contribution < 1.29 is 18.1 Å². The van der Waals surface area contributed by atoms with E-state index in [1.54, 1.807) is 17.5 Å². The first kappa shape index (κ1) is 15.1. The first-order valence-electron chi connectivity index (χ1n) is 6.40. The number of aromatic nitrogens is 2. The van der Waals surface area contributed by atoms with Gasteiger partial charge in [-0.2, -0.15) is 0 Å². The van der Waals surface area contributed by atoms with Gasteiger partial charge < -0.3 is 5.32 Å². The molecule has 6 nitrogen and oxygen atoms in total. The van der Waals surface area contributed by atoms with Gasteiger partial charge in [0.15, 0.2) is 5.82 Å². The number of rotatable bonds is 4. The van der Waals surface area contributed by atoms with E-state index in [9.17, 15) is 18.4 Å². The molecule has 0 aliphatic carbocycles. The highest BCUT2D eigenvalue weighted by atomic mass is 32.1. The van der Waals surface area contributed by atoms with Crippen molar-refractivity contribution in [2.24, 2.45) is 0 Å². The monoisotopic (exact) mass is 337 g/mol. The fourth-order valence-electron chi connectivity index (χ4n) is 1.91. The van der Waals surface area contributed by atoms with E-state index in [2.05, 4.69) is 15.0 Å². The quantitative estimate of drug-likeness (QED) is 0.793. The maximum Gasteiger partial charge on any atom is 0.442 e. The number of halogens is 2. The van der Waals surface area contributed by atoms with Crippen LogP contribution in [0.5, 0.6) is 0 Å². The van der Waals surface area contributed by atoms with Crippen LogP contribution in [0.1, 0.15) is 0 Å². The molecule has 0 fully saturated rings. The van der Waals surface area contributed by atoms with Crippen LogP contribution in [0.15, 0.2) is 45.0 Å². The fraction of sp³-hybridized carbons (Fsp3) is 0.0714. The number of nitrogens with zero attached hydrogens (tertiary/aromatic N) is 2. The summed E-state index contributed by atoms with van der Waals surface area (Å²) in [5.41, 5.74) is -0.182. The zero-order valence-electron chi connectivity index (χ0n) is 11.5. The maximum atomic E-state index is 13.5. The SMILES string of the molecule is O=C(Cn1c(-c2cccs2)noc1=O)Nc1ccc(F)cc1F. The molecule has 2 aromatic heterocycles. The van der Waals surface area contributed by atoms with Gasteiger partial charge in [0.25, 0.3) is 0 Å². The third-order valence-electron chi connectivity index (χ3n) is 2.93. The summed E-state index contributed by atoms with van der Waals surface area (Å²) < 4.78 is 32.0. The molecule has 0 radical (unpaired) electrons. The Morgan fingerprint density at radius 3 is 2.87 bits per heavy atom. The van der Waals surface area contributed by atoms with Crippen molar-refractivity contribution in [3.05, 3.63) is 57.9 Å². The molecule has 0 unspecified atom stereocenters. The molecule has 3 aromatic rings. The Morgan fingerprint density at radius 1 is 1.35 bits per heavy atom. The van der Waals surface area contributed by atoms with Crippen molar-refractivity contribution in [1.29, 1.82) is 0 Å². The van der Waals surface area contributed by atoms with E-state index in [0.717, 1.165) is 16.7 Å². The largest absolute Gasteiger partial charge is 0.442 e. The number of carbonyl (C=O) groups is 1. The van der Waals surface area contributed by atoms with Crippen molar-refractivity contribution in [3.8, 4) is 10.7 Å². The molecule has 0 aliphatic heterocycles. The lowest BCUT2D eigenvalue weighted by atomic mass is 10.3. The molecule has 23 heavy (non-hydrogen) atoms. The van der Waals surface area contributed by atoms with E-state index in [4.69, 9.17) is 0 Å². The number of anilines is 1. The van der Waals surface area contributed by atoms with Gasteiger partial charge in [0, 0.05) is 6.07 Å². The molecule has 0 saturated heterocycles. The normalized spacial score (nSPS) is 10.7. The number of hydrogen-bond acceptors (Lipinski definition) is 5. The van der Waals surface area contributed by atoms with Crippen LogP contribution in [0.25, 0.3) is 10.7 Å². The lowest BCUT2D eigenvalue weighted by molar-refractivity contribution is -0.116. The van der Waals surface area contributed by atoms with Crippen LogP contribution in [-0.4, -0.2) is 15.6 Å². The highest BCUT2D eigenvalue weighted by Crippen LogP contribution is 2.21. The number of nitrogens with one attached hydrogen (secondary N) is 1. The summed E-state index contributed by atoms with van der Waals surface area (Å²) in [5, 5.41) is 7.68. The average molecular weight is 337 g/mol. The molecular formula is C14H9F2N3O3S. The van der Waals surface area contributed by atoms with Crippen molar-refractivity contribution in [1.82, 2.24) is 9.72 Å². The van der Waals surface area contributed by atoms with Gasteiger partial charge in [-0.15, -0.1) is 11.3 Å². The summed E-state index contributed by atoms with van der Waals surface area (Å²) in [5.74, 6) is -2.92. The van der Waals surface area contributed by atoms with Gasteiger partial charge in [0.2, 0.25) is 5.91 Å². The first-order valence-corrected chi connectivity index (χ1v) is 7.28. The Hall–Kier alpha value is -2.81. The van der Waals surface area contributed by atoms with Gasteiger partial charge in [-0.1, -0.05) is 11.2 Å². The van der Waals surface area contributed by atoms with Crippen molar-refractivity contribution in [2.45, 2.75) is 6.54 Å². The third kappa shape index (κ3) is 3.19. The minimum Gasteiger partial charge on any atom is -0.322 e. The van der Waals surface area contributed by atoms with E-state index in [1.165, 1.54) is 11.3 Å². The topological polar surface area (TPSA) is 77.1 Å². The Bertz CT molecular complexity index is 902. The number of amides is 1. The number of thiophene rings is 1. The lowest BCUT2D eigenvalue weighted by Gasteiger charge is -2.07. The number of carbonyl (C=O) groups excluding carboxylic acids is 1. The van der Waals surface area contributed by atoms with E-state index >= 15 is 0 Å². The molecular weight excluding hydrogens is 328 g/mol. The molecule has 1 aromatic carbocycles. The van der Waals surface area contributed by atoms with E-state index in [1.807, 2.05) is 0 Å². The molecule has 2 heterocycles. The first-order chi connectivity index (χ1) is 11.0. The second kappa shape index (κ2) is 6.13. The molecule has 0 saturated carbocycles. The van der Waals surface area contributed by atoms with Crippen molar-refractivity contribution >= 4 is 22.9 Å². The lowest BCUT2D eigenvalue weighted by Crippen LogP contribution is -2.25. The van der Waals surface area contributed by atoms with Crippen LogP contribution < -0.4 is 11.1 Å². The summed E-state index contributed by atoms with van der Waals surface area (Å²) in [4.78, 5) is 24.3. The average Bonchev–Trinajstić information content (AvgIpc) is 3.13. The minimum absolute atomic E-state index is 0.182. The van der Waals surface area contributed by atoms with E-state index in [0.29, 0.717) is 10.9 Å². The second-order valence-electron chi connectivity index (χ2n) is 4.51. The Labute approximate surface area is 132 Å². The highest BCUT2D eigenvalue weighted by Gasteiger charge is 2.17. The Morgan fingerprint density at radius 2 is 2.17 bits per heavy atom. The van der Waals surface area contributed by atoms with Crippen LogP contribution in [0.4, 0.5) is 14.5 Å². The third-order valence-corrected chi connectivity index (χ3v) is 3.80. The molecule has 118 valence electrons. The standard InChI is InChI=1S/C14H9F2N3O3S/c15-8-3-4-10(9(16)6-8)17-12(20)7-19-13(18-22-14(19)21)11-2-1-5-23-11/h1-6H,7H2,(H,17,20). The zero-order valence-corrected chi connectivity index (χ0v) is 12.3. The van der Waals surface area contributed by atoms with Crippen LogP contribution >= 0.6 is 11.3 Å². The number of hydrogen-bond donors (Lipinski definition) is 1. The van der Waals surface area contributed by atoms with Crippen molar-refractivity contribution in [3.63, 3.8) is 0 Å². The van der Waals surface area contributed by atoms with Gasteiger partial charge in [-0.25, -0.2) is 18.1 Å². The summed E-state index contributed by atoms with van der Waals surface area (Å²) in [6, 6.07) is 6.24. The van der Waals surface area contributed by atoms with Gasteiger partial charge in [-0.3, -0.25) is 9.32 Å². The summed E-state index contributed by atoms with van der Waals surface area (Å²) in [6.07, 6.45) is 0. The molecule has 1 amide bonds. The Balaban J connectivity index is 1.81. The van der Waals surface area contributed by atoms with Crippen LogP contribution in [0.3, 0.4) is 0 Å². The van der Waals surface area contributed by atoms with Crippen LogP contribution in [-0.2, 0) is 11.3 Å². The van der Waals surface area contributed by atoms with Crippen LogP contribution in [0, 0.1) is 11.6 Å². The van der Waals surface area contributed by atoms with Gasteiger partial charge in [-0.05, 0) is 23.6 Å². The fourth-order valence-corrected chi connectivity index (χ4v) is 2.63. The summed E-state index contributed by atoms with van der Waals surface area (Å²) in [7, 11) is 0. The molecule has 3 rings (SSSR count). The van der Waals surface area contributed by atoms with Crippen molar-refractivity contribution in [2.75, 3.05) is 5.32 Å².